The number of halogens is 1. The SMILES string of the molecule is Cc1ccc(NCc2ccc(Br)o2)cc1. The van der Waals surface area contributed by atoms with Crippen molar-refractivity contribution in [3.63, 3.8) is 0 Å². The minimum atomic E-state index is 0.703. The Morgan fingerprint density at radius 2 is 1.87 bits per heavy atom. The maximum atomic E-state index is 5.38. The zero-order valence-corrected chi connectivity index (χ0v) is 10.0. The molecular formula is C12H12BrNO. The number of anilines is 1. The lowest BCUT2D eigenvalue weighted by molar-refractivity contribution is 0.495. The zero-order chi connectivity index (χ0) is 10.7. The van der Waals surface area contributed by atoms with Crippen molar-refractivity contribution in [2.45, 2.75) is 13.5 Å². The monoisotopic (exact) mass is 265 g/mol. The molecule has 2 rings (SSSR count). The van der Waals surface area contributed by atoms with Crippen LogP contribution in [-0.4, -0.2) is 0 Å². The van der Waals surface area contributed by atoms with Gasteiger partial charge in [-0.3, -0.25) is 0 Å². The molecule has 1 aromatic heterocycles. The lowest BCUT2D eigenvalue weighted by atomic mass is 10.2. The summed E-state index contributed by atoms with van der Waals surface area (Å²) in [5.41, 5.74) is 2.37. The van der Waals surface area contributed by atoms with Crippen molar-refractivity contribution in [2.24, 2.45) is 0 Å². The van der Waals surface area contributed by atoms with E-state index in [2.05, 4.69) is 52.4 Å². The van der Waals surface area contributed by atoms with Gasteiger partial charge in [-0.1, -0.05) is 17.7 Å². The third kappa shape index (κ3) is 2.86. The van der Waals surface area contributed by atoms with Crippen LogP contribution in [0.15, 0.2) is 45.5 Å². The molecule has 0 aliphatic rings. The number of hydrogen-bond donors (Lipinski definition) is 1. The summed E-state index contributed by atoms with van der Waals surface area (Å²) in [6, 6.07) is 12.1. The summed E-state index contributed by atoms with van der Waals surface area (Å²) in [6.45, 7) is 2.78. The second-order valence-corrected chi connectivity index (χ2v) is 4.21. The fourth-order valence-corrected chi connectivity index (χ4v) is 1.65. The Morgan fingerprint density at radius 1 is 1.13 bits per heavy atom. The van der Waals surface area contributed by atoms with Crippen LogP contribution < -0.4 is 5.32 Å². The first-order chi connectivity index (χ1) is 7.24. The molecule has 1 N–H and O–H groups in total. The van der Waals surface area contributed by atoms with Gasteiger partial charge in [-0.25, -0.2) is 0 Å². The van der Waals surface area contributed by atoms with Gasteiger partial charge < -0.3 is 9.73 Å². The number of nitrogens with one attached hydrogen (secondary N) is 1. The van der Waals surface area contributed by atoms with Crippen LogP contribution in [0.3, 0.4) is 0 Å². The highest BCUT2D eigenvalue weighted by molar-refractivity contribution is 9.10. The van der Waals surface area contributed by atoms with Crippen LogP contribution in [-0.2, 0) is 6.54 Å². The number of aryl methyl sites for hydroxylation is 1. The summed E-state index contributed by atoms with van der Waals surface area (Å²) in [7, 11) is 0. The summed E-state index contributed by atoms with van der Waals surface area (Å²) >= 11 is 3.27. The molecule has 2 nitrogen and oxygen atoms in total. The second-order valence-electron chi connectivity index (χ2n) is 3.43. The van der Waals surface area contributed by atoms with Crippen LogP contribution in [0, 0.1) is 6.92 Å². The first kappa shape index (κ1) is 10.3. The quantitative estimate of drug-likeness (QED) is 0.909. The summed E-state index contributed by atoms with van der Waals surface area (Å²) in [5.74, 6) is 0.919. The maximum absolute atomic E-state index is 5.38. The van der Waals surface area contributed by atoms with Gasteiger partial charge >= 0.3 is 0 Å². The van der Waals surface area contributed by atoms with E-state index in [4.69, 9.17) is 4.42 Å². The third-order valence-electron chi connectivity index (χ3n) is 2.15. The summed E-state index contributed by atoms with van der Waals surface area (Å²) in [6.07, 6.45) is 0. The highest BCUT2D eigenvalue weighted by atomic mass is 79.9. The van der Waals surface area contributed by atoms with E-state index in [-0.39, 0.29) is 0 Å². The third-order valence-corrected chi connectivity index (χ3v) is 2.57. The van der Waals surface area contributed by atoms with Gasteiger partial charge in [-0.15, -0.1) is 0 Å². The van der Waals surface area contributed by atoms with Gasteiger partial charge in [0.2, 0.25) is 0 Å². The zero-order valence-electron chi connectivity index (χ0n) is 8.46. The van der Waals surface area contributed by atoms with Crippen molar-refractivity contribution >= 4 is 21.6 Å². The smallest absolute Gasteiger partial charge is 0.169 e. The first-order valence-corrected chi connectivity index (χ1v) is 5.58. The molecule has 1 aromatic carbocycles. The van der Waals surface area contributed by atoms with E-state index in [9.17, 15) is 0 Å². The van der Waals surface area contributed by atoms with E-state index < -0.39 is 0 Å². The largest absolute Gasteiger partial charge is 0.452 e. The molecule has 3 heteroatoms. The fourth-order valence-electron chi connectivity index (χ4n) is 1.31. The molecule has 0 fully saturated rings. The molecule has 0 bridgehead atoms. The van der Waals surface area contributed by atoms with Gasteiger partial charge in [-0.05, 0) is 47.1 Å². The molecule has 15 heavy (non-hydrogen) atoms. The van der Waals surface area contributed by atoms with Gasteiger partial charge in [0.15, 0.2) is 4.67 Å². The van der Waals surface area contributed by atoms with E-state index in [0.29, 0.717) is 6.54 Å². The normalized spacial score (nSPS) is 10.3. The van der Waals surface area contributed by atoms with Crippen molar-refractivity contribution in [1.82, 2.24) is 0 Å². The molecule has 78 valence electrons. The van der Waals surface area contributed by atoms with Gasteiger partial charge in [0.25, 0.3) is 0 Å². The topological polar surface area (TPSA) is 25.2 Å². The number of hydrogen-bond acceptors (Lipinski definition) is 2. The van der Waals surface area contributed by atoms with Crippen LogP contribution in [0.1, 0.15) is 11.3 Å². The van der Waals surface area contributed by atoms with Crippen LogP contribution in [0.2, 0.25) is 0 Å². The van der Waals surface area contributed by atoms with E-state index in [1.807, 2.05) is 12.1 Å². The lowest BCUT2D eigenvalue weighted by Gasteiger charge is -2.04. The van der Waals surface area contributed by atoms with Crippen molar-refractivity contribution in [3.8, 4) is 0 Å². The van der Waals surface area contributed by atoms with E-state index in [1.54, 1.807) is 0 Å². The minimum Gasteiger partial charge on any atom is -0.452 e. The molecule has 0 amide bonds. The lowest BCUT2D eigenvalue weighted by Crippen LogP contribution is -1.97. The molecule has 0 aliphatic heterocycles. The molecule has 2 aromatic rings. The van der Waals surface area contributed by atoms with E-state index in [0.717, 1.165) is 16.1 Å². The Balaban J connectivity index is 1.96. The minimum absolute atomic E-state index is 0.703. The second kappa shape index (κ2) is 4.53. The van der Waals surface area contributed by atoms with Crippen molar-refractivity contribution in [2.75, 3.05) is 5.32 Å². The molecular weight excluding hydrogens is 254 g/mol. The first-order valence-electron chi connectivity index (χ1n) is 4.79. The standard InChI is InChI=1S/C12H12BrNO/c1-9-2-4-10(5-3-9)14-8-11-6-7-12(13)15-11/h2-7,14H,8H2,1H3. The van der Waals surface area contributed by atoms with Crippen LogP contribution in [0.25, 0.3) is 0 Å². The Labute approximate surface area is 97.4 Å². The number of benzene rings is 1. The molecule has 0 radical (unpaired) electrons. The highest BCUT2D eigenvalue weighted by Gasteiger charge is 1.98. The Bertz CT molecular complexity index is 433. The molecule has 1 heterocycles. The summed E-state index contributed by atoms with van der Waals surface area (Å²) < 4.78 is 6.15. The van der Waals surface area contributed by atoms with Crippen LogP contribution in [0.4, 0.5) is 5.69 Å². The highest BCUT2D eigenvalue weighted by Crippen LogP contribution is 2.16. The molecule has 0 atom stereocenters. The average Bonchev–Trinajstić information content (AvgIpc) is 2.64. The Morgan fingerprint density at radius 3 is 2.47 bits per heavy atom. The van der Waals surface area contributed by atoms with Gasteiger partial charge in [-0.2, -0.15) is 0 Å². The van der Waals surface area contributed by atoms with Crippen molar-refractivity contribution < 1.29 is 4.42 Å². The van der Waals surface area contributed by atoms with Crippen molar-refractivity contribution in [3.05, 3.63) is 52.4 Å². The fraction of sp³-hybridized carbons (Fsp3) is 0.167. The van der Waals surface area contributed by atoms with Gasteiger partial charge in [0.05, 0.1) is 6.54 Å². The molecule has 0 aliphatic carbocycles. The average molecular weight is 266 g/mol. The molecule has 0 saturated heterocycles. The summed E-state index contributed by atoms with van der Waals surface area (Å²) in [4.78, 5) is 0. The number of rotatable bonds is 3. The van der Waals surface area contributed by atoms with Gasteiger partial charge in [0, 0.05) is 5.69 Å². The van der Waals surface area contributed by atoms with Crippen LogP contribution >= 0.6 is 15.9 Å². The Hall–Kier alpha value is -1.22. The molecule has 0 saturated carbocycles. The van der Waals surface area contributed by atoms with E-state index >= 15 is 0 Å². The maximum Gasteiger partial charge on any atom is 0.169 e. The summed E-state index contributed by atoms with van der Waals surface area (Å²) in [5, 5.41) is 3.29. The molecule has 0 unspecified atom stereocenters. The predicted octanol–water partition coefficient (Wildman–Crippen LogP) is 3.96. The van der Waals surface area contributed by atoms with Crippen molar-refractivity contribution in [1.29, 1.82) is 0 Å². The predicted molar refractivity (Wildman–Crippen MR) is 64.9 cm³/mol. The van der Waals surface area contributed by atoms with Gasteiger partial charge in [0.1, 0.15) is 5.76 Å². The molecule has 0 spiro atoms. The van der Waals surface area contributed by atoms with Crippen LogP contribution in [0.5, 0.6) is 0 Å². The number of furan rings is 1. The van der Waals surface area contributed by atoms with E-state index in [1.165, 1.54) is 5.56 Å². The Kier molecular flexibility index (Phi) is 3.11.